The maximum absolute atomic E-state index is 12.3. The molecule has 0 aromatic carbocycles. The van der Waals surface area contributed by atoms with Crippen LogP contribution in [0.25, 0.3) is 0 Å². The van der Waals surface area contributed by atoms with Crippen molar-refractivity contribution in [3.8, 4) is 0 Å². The van der Waals surface area contributed by atoms with Crippen molar-refractivity contribution in [2.75, 3.05) is 0 Å². The fourth-order valence-corrected chi connectivity index (χ4v) is 3.38. The molecule has 1 aliphatic rings. The highest BCUT2D eigenvalue weighted by Crippen LogP contribution is 2.25. The van der Waals surface area contributed by atoms with Gasteiger partial charge in [0.1, 0.15) is 0 Å². The molecule has 1 amide bonds. The summed E-state index contributed by atoms with van der Waals surface area (Å²) < 4.78 is 1.71. The minimum atomic E-state index is -0.180. The van der Waals surface area contributed by atoms with Crippen LogP contribution in [0.2, 0.25) is 0 Å². The van der Waals surface area contributed by atoms with E-state index in [0.29, 0.717) is 23.7 Å². The molecule has 112 valence electrons. The molecule has 1 aromatic rings. The largest absolute Gasteiger partial charge is 0.352 e. The molecule has 1 aromatic heterocycles. The molecule has 1 saturated carbocycles. The molecule has 1 N–H and O–H groups in total. The molecule has 1 heterocycles. The molecule has 6 nitrogen and oxygen atoms in total. The van der Waals surface area contributed by atoms with Gasteiger partial charge in [-0.3, -0.25) is 4.79 Å². The zero-order chi connectivity index (χ0) is 14.5. The van der Waals surface area contributed by atoms with Crippen LogP contribution in [0, 0.1) is 5.92 Å². The van der Waals surface area contributed by atoms with Crippen LogP contribution in [0.4, 0.5) is 0 Å². The molecule has 3 unspecified atom stereocenters. The summed E-state index contributed by atoms with van der Waals surface area (Å²) in [6.45, 7) is 6.82. The van der Waals surface area contributed by atoms with E-state index in [-0.39, 0.29) is 11.2 Å². The highest BCUT2D eigenvalue weighted by atomic mass is 32.2. The summed E-state index contributed by atoms with van der Waals surface area (Å²) >= 11 is 1.41. The van der Waals surface area contributed by atoms with Gasteiger partial charge >= 0.3 is 0 Å². The summed E-state index contributed by atoms with van der Waals surface area (Å²) in [5, 5.41) is 15.2. The molecule has 20 heavy (non-hydrogen) atoms. The van der Waals surface area contributed by atoms with E-state index in [9.17, 15) is 4.79 Å². The van der Waals surface area contributed by atoms with Crippen molar-refractivity contribution in [1.82, 2.24) is 25.5 Å². The maximum atomic E-state index is 12.3. The zero-order valence-corrected chi connectivity index (χ0v) is 13.2. The van der Waals surface area contributed by atoms with Crippen molar-refractivity contribution in [3.63, 3.8) is 0 Å². The Kier molecular flexibility index (Phi) is 5.39. The molecule has 0 radical (unpaired) electrons. The molecule has 0 aliphatic heterocycles. The van der Waals surface area contributed by atoms with E-state index in [1.54, 1.807) is 4.68 Å². The molecule has 7 heteroatoms. The first kappa shape index (κ1) is 15.3. The second kappa shape index (κ2) is 7.06. The molecule has 0 saturated heterocycles. The van der Waals surface area contributed by atoms with Crippen molar-refractivity contribution in [1.29, 1.82) is 0 Å². The van der Waals surface area contributed by atoms with Crippen molar-refractivity contribution < 1.29 is 4.79 Å². The molecule has 3 atom stereocenters. The fourth-order valence-electron chi connectivity index (χ4n) is 2.52. The lowest BCUT2D eigenvalue weighted by Gasteiger charge is -2.30. The minimum absolute atomic E-state index is 0.0828. The van der Waals surface area contributed by atoms with Gasteiger partial charge in [-0.15, -0.1) is 5.10 Å². The van der Waals surface area contributed by atoms with Gasteiger partial charge in [0.2, 0.25) is 11.1 Å². The first-order valence-corrected chi connectivity index (χ1v) is 8.23. The monoisotopic (exact) mass is 297 g/mol. The van der Waals surface area contributed by atoms with Gasteiger partial charge < -0.3 is 5.32 Å². The SMILES string of the molecule is CCn1nnnc1SC(C)C(=O)NC1CCCCC1C. The lowest BCUT2D eigenvalue weighted by atomic mass is 9.86. The molecule has 1 aliphatic carbocycles. The van der Waals surface area contributed by atoms with E-state index < -0.39 is 0 Å². The van der Waals surface area contributed by atoms with Crippen molar-refractivity contribution >= 4 is 17.7 Å². The van der Waals surface area contributed by atoms with E-state index in [4.69, 9.17) is 0 Å². The van der Waals surface area contributed by atoms with Crippen molar-refractivity contribution in [2.24, 2.45) is 5.92 Å². The number of tetrazole rings is 1. The maximum Gasteiger partial charge on any atom is 0.233 e. The van der Waals surface area contributed by atoms with Gasteiger partial charge in [-0.25, -0.2) is 4.68 Å². The number of aryl methyl sites for hydroxylation is 1. The third kappa shape index (κ3) is 3.71. The number of nitrogens with one attached hydrogen (secondary N) is 1. The highest BCUT2D eigenvalue weighted by Gasteiger charge is 2.26. The van der Waals surface area contributed by atoms with Crippen LogP contribution in [0.5, 0.6) is 0 Å². The van der Waals surface area contributed by atoms with Crippen LogP contribution in [0.3, 0.4) is 0 Å². The summed E-state index contributed by atoms with van der Waals surface area (Å²) in [6.07, 6.45) is 4.80. The minimum Gasteiger partial charge on any atom is -0.352 e. The van der Waals surface area contributed by atoms with E-state index in [1.165, 1.54) is 31.0 Å². The fraction of sp³-hybridized carbons (Fsp3) is 0.846. The standard InChI is InChI=1S/C13H23N5OS/c1-4-18-13(15-16-17-18)20-10(3)12(19)14-11-8-6-5-7-9(11)2/h9-11H,4-8H2,1-3H3,(H,14,19). The lowest BCUT2D eigenvalue weighted by Crippen LogP contribution is -2.44. The second-order valence-electron chi connectivity index (χ2n) is 5.41. The normalized spacial score (nSPS) is 24.4. The number of hydrogen-bond acceptors (Lipinski definition) is 5. The smallest absolute Gasteiger partial charge is 0.233 e. The van der Waals surface area contributed by atoms with Gasteiger partial charge in [-0.2, -0.15) is 0 Å². The number of carbonyl (C=O) groups excluding carboxylic acids is 1. The topological polar surface area (TPSA) is 72.7 Å². The second-order valence-corrected chi connectivity index (χ2v) is 6.72. The number of rotatable bonds is 5. The van der Waals surface area contributed by atoms with E-state index in [1.807, 2.05) is 13.8 Å². The molecular formula is C13H23N5OS. The molecule has 0 spiro atoms. The number of thioether (sulfide) groups is 1. The summed E-state index contributed by atoms with van der Waals surface area (Å²) in [5.41, 5.74) is 0. The Morgan fingerprint density at radius 2 is 2.25 bits per heavy atom. The Hall–Kier alpha value is -1.11. The van der Waals surface area contributed by atoms with E-state index in [0.717, 1.165) is 6.42 Å². The van der Waals surface area contributed by atoms with Crippen LogP contribution < -0.4 is 5.32 Å². The van der Waals surface area contributed by atoms with Crippen LogP contribution in [0.1, 0.15) is 46.5 Å². The first-order valence-electron chi connectivity index (χ1n) is 7.35. The Morgan fingerprint density at radius 1 is 1.50 bits per heavy atom. The number of nitrogens with zero attached hydrogens (tertiary/aromatic N) is 4. The zero-order valence-electron chi connectivity index (χ0n) is 12.4. The quantitative estimate of drug-likeness (QED) is 0.840. The highest BCUT2D eigenvalue weighted by molar-refractivity contribution is 8.00. The molecule has 2 rings (SSSR count). The number of aromatic nitrogens is 4. The van der Waals surface area contributed by atoms with Gasteiger partial charge in [0.25, 0.3) is 0 Å². The Balaban J connectivity index is 1.88. The number of amides is 1. The number of carbonyl (C=O) groups is 1. The van der Waals surface area contributed by atoms with Crippen LogP contribution in [0.15, 0.2) is 5.16 Å². The molecular weight excluding hydrogens is 274 g/mol. The first-order chi connectivity index (χ1) is 9.61. The molecule has 1 fully saturated rings. The van der Waals surface area contributed by atoms with Crippen molar-refractivity contribution in [2.45, 2.75) is 69.4 Å². The van der Waals surface area contributed by atoms with Crippen LogP contribution in [-0.4, -0.2) is 37.4 Å². The van der Waals surface area contributed by atoms with Gasteiger partial charge in [-0.1, -0.05) is 31.5 Å². The van der Waals surface area contributed by atoms with Crippen LogP contribution >= 0.6 is 11.8 Å². The van der Waals surface area contributed by atoms with Crippen molar-refractivity contribution in [3.05, 3.63) is 0 Å². The predicted octanol–water partition coefficient (Wildman–Crippen LogP) is 1.87. The van der Waals surface area contributed by atoms with E-state index >= 15 is 0 Å². The molecule has 0 bridgehead atoms. The summed E-state index contributed by atoms with van der Waals surface area (Å²) in [7, 11) is 0. The third-order valence-corrected chi connectivity index (χ3v) is 4.96. The Morgan fingerprint density at radius 3 is 2.95 bits per heavy atom. The van der Waals surface area contributed by atoms with Crippen LogP contribution in [-0.2, 0) is 11.3 Å². The number of hydrogen-bond donors (Lipinski definition) is 1. The van der Waals surface area contributed by atoms with Gasteiger partial charge in [-0.05, 0) is 43.0 Å². The van der Waals surface area contributed by atoms with E-state index in [2.05, 4.69) is 27.8 Å². The summed E-state index contributed by atoms with van der Waals surface area (Å²) in [6, 6.07) is 0.321. The average Bonchev–Trinajstić information content (AvgIpc) is 2.88. The average molecular weight is 297 g/mol. The third-order valence-electron chi connectivity index (χ3n) is 3.89. The Labute approximate surface area is 124 Å². The lowest BCUT2D eigenvalue weighted by molar-refractivity contribution is -0.121. The predicted molar refractivity (Wildman–Crippen MR) is 78.4 cm³/mol. The van der Waals surface area contributed by atoms with Gasteiger partial charge in [0.05, 0.1) is 5.25 Å². The summed E-state index contributed by atoms with van der Waals surface area (Å²) in [4.78, 5) is 12.3. The van der Waals surface area contributed by atoms with Gasteiger partial charge in [0.15, 0.2) is 0 Å². The Bertz CT molecular complexity index is 450. The summed E-state index contributed by atoms with van der Waals surface area (Å²) in [5.74, 6) is 0.658. The van der Waals surface area contributed by atoms with Gasteiger partial charge in [0, 0.05) is 12.6 Å².